The molecule has 5 rings (SSSR count). The first kappa shape index (κ1) is 15.3. The number of likely N-dealkylation sites (tertiary alicyclic amines) is 1. The van der Waals surface area contributed by atoms with E-state index in [0.29, 0.717) is 17.9 Å². The lowest BCUT2D eigenvalue weighted by atomic mass is 10.1. The minimum Gasteiger partial charge on any atom is -0.370 e. The fourth-order valence-electron chi connectivity index (χ4n) is 3.94. The lowest BCUT2D eigenvalue weighted by molar-refractivity contribution is 0.304. The van der Waals surface area contributed by atoms with Gasteiger partial charge in [-0.3, -0.25) is 4.90 Å². The lowest BCUT2D eigenvalue weighted by Crippen LogP contribution is -2.24. The maximum atomic E-state index is 4.57. The van der Waals surface area contributed by atoms with Crippen LogP contribution in [0.2, 0.25) is 0 Å². The molecule has 3 aliphatic rings. The molecule has 0 radical (unpaired) electrons. The molecule has 1 aliphatic heterocycles. The third-order valence-corrected chi connectivity index (χ3v) is 5.62. The van der Waals surface area contributed by atoms with E-state index in [1.807, 2.05) is 24.4 Å². The molecule has 3 heterocycles. The third-order valence-electron chi connectivity index (χ3n) is 5.62. The SMILES string of the molecule is c1ccc(NC[C@H]2CCN(Cc3nnc(C4CC4)n3C3CC3)C2)nc1. The summed E-state index contributed by atoms with van der Waals surface area (Å²) in [4.78, 5) is 6.89. The van der Waals surface area contributed by atoms with E-state index in [4.69, 9.17) is 0 Å². The van der Waals surface area contributed by atoms with Gasteiger partial charge >= 0.3 is 0 Å². The zero-order chi connectivity index (χ0) is 16.6. The molecule has 2 aromatic heterocycles. The second-order valence-corrected chi connectivity index (χ2v) is 7.84. The zero-order valence-electron chi connectivity index (χ0n) is 14.6. The largest absolute Gasteiger partial charge is 0.370 e. The number of pyridine rings is 1. The van der Waals surface area contributed by atoms with Crippen molar-refractivity contribution in [2.45, 2.75) is 50.6 Å². The van der Waals surface area contributed by atoms with Gasteiger partial charge < -0.3 is 9.88 Å². The average molecular weight is 338 g/mol. The molecule has 0 aromatic carbocycles. The minimum atomic E-state index is 0.683. The van der Waals surface area contributed by atoms with Gasteiger partial charge in [-0.15, -0.1) is 10.2 Å². The van der Waals surface area contributed by atoms with Crippen LogP contribution >= 0.6 is 0 Å². The van der Waals surface area contributed by atoms with Gasteiger partial charge in [0, 0.05) is 31.2 Å². The maximum absolute atomic E-state index is 4.57. The molecule has 2 saturated carbocycles. The molecule has 25 heavy (non-hydrogen) atoms. The molecule has 132 valence electrons. The van der Waals surface area contributed by atoms with E-state index < -0.39 is 0 Å². The molecule has 0 bridgehead atoms. The van der Waals surface area contributed by atoms with Crippen LogP contribution < -0.4 is 5.32 Å². The first-order valence-electron chi connectivity index (χ1n) is 9.68. The van der Waals surface area contributed by atoms with Gasteiger partial charge in [0.05, 0.1) is 6.54 Å². The Balaban J connectivity index is 1.19. The van der Waals surface area contributed by atoms with Crippen molar-refractivity contribution in [3.05, 3.63) is 36.0 Å². The topological polar surface area (TPSA) is 58.9 Å². The van der Waals surface area contributed by atoms with Gasteiger partial charge in [0.2, 0.25) is 0 Å². The monoisotopic (exact) mass is 338 g/mol. The quantitative estimate of drug-likeness (QED) is 0.841. The zero-order valence-corrected chi connectivity index (χ0v) is 14.6. The summed E-state index contributed by atoms with van der Waals surface area (Å²) in [6, 6.07) is 6.70. The summed E-state index contributed by atoms with van der Waals surface area (Å²) in [5.41, 5.74) is 0. The van der Waals surface area contributed by atoms with Gasteiger partial charge in [-0.25, -0.2) is 4.98 Å². The van der Waals surface area contributed by atoms with Crippen LogP contribution in [0.15, 0.2) is 24.4 Å². The highest BCUT2D eigenvalue weighted by Gasteiger charge is 2.36. The molecule has 0 amide bonds. The van der Waals surface area contributed by atoms with E-state index in [-0.39, 0.29) is 0 Å². The predicted molar refractivity (Wildman–Crippen MR) is 96.4 cm³/mol. The van der Waals surface area contributed by atoms with Crippen molar-refractivity contribution >= 4 is 5.82 Å². The van der Waals surface area contributed by atoms with Crippen molar-refractivity contribution < 1.29 is 0 Å². The molecular formula is C19H26N6. The van der Waals surface area contributed by atoms with E-state index in [9.17, 15) is 0 Å². The van der Waals surface area contributed by atoms with Gasteiger partial charge in [-0.1, -0.05) is 6.07 Å². The Hall–Kier alpha value is -1.95. The van der Waals surface area contributed by atoms with E-state index in [2.05, 4.69) is 30.0 Å². The fourth-order valence-corrected chi connectivity index (χ4v) is 3.94. The Morgan fingerprint density at radius 1 is 1.08 bits per heavy atom. The number of nitrogens with zero attached hydrogens (tertiary/aromatic N) is 5. The highest BCUT2D eigenvalue weighted by molar-refractivity contribution is 5.33. The van der Waals surface area contributed by atoms with Crippen molar-refractivity contribution in [3.8, 4) is 0 Å². The summed E-state index contributed by atoms with van der Waals surface area (Å²) in [6.45, 7) is 4.24. The van der Waals surface area contributed by atoms with E-state index in [1.165, 1.54) is 43.8 Å². The summed E-state index contributed by atoms with van der Waals surface area (Å²) in [7, 11) is 0. The van der Waals surface area contributed by atoms with Crippen LogP contribution in [0.1, 0.15) is 55.7 Å². The van der Waals surface area contributed by atoms with Crippen LogP contribution in [-0.4, -0.2) is 44.3 Å². The van der Waals surface area contributed by atoms with Crippen LogP contribution in [0.4, 0.5) is 5.82 Å². The summed E-state index contributed by atoms with van der Waals surface area (Å²) in [5.74, 6) is 4.81. The fraction of sp³-hybridized carbons (Fsp3) is 0.632. The van der Waals surface area contributed by atoms with Crippen molar-refractivity contribution in [3.63, 3.8) is 0 Å². The number of hydrogen-bond acceptors (Lipinski definition) is 5. The van der Waals surface area contributed by atoms with Crippen molar-refractivity contribution in [1.29, 1.82) is 0 Å². The molecule has 1 saturated heterocycles. The third kappa shape index (κ3) is 3.40. The van der Waals surface area contributed by atoms with Gasteiger partial charge in [-0.05, 0) is 56.7 Å². The van der Waals surface area contributed by atoms with E-state index in [1.54, 1.807) is 0 Å². The Morgan fingerprint density at radius 2 is 2.00 bits per heavy atom. The second kappa shape index (κ2) is 6.41. The molecule has 1 N–H and O–H groups in total. The van der Waals surface area contributed by atoms with Crippen LogP contribution in [0, 0.1) is 5.92 Å². The van der Waals surface area contributed by atoms with Gasteiger partial charge in [-0.2, -0.15) is 0 Å². The molecule has 6 heteroatoms. The predicted octanol–water partition coefficient (Wildman–Crippen LogP) is 2.82. The number of anilines is 1. The standard InChI is InChI=1S/C19H26N6/c1-2-9-20-17(3-1)21-11-14-8-10-24(12-14)13-18-22-23-19(15-4-5-15)25(18)16-6-7-16/h1-3,9,14-16H,4-8,10-13H2,(H,20,21)/t14-/m1/s1. The van der Waals surface area contributed by atoms with Crippen LogP contribution in [0.25, 0.3) is 0 Å². The highest BCUT2D eigenvalue weighted by Crippen LogP contribution is 2.44. The van der Waals surface area contributed by atoms with Crippen molar-refractivity contribution in [1.82, 2.24) is 24.6 Å². The van der Waals surface area contributed by atoms with Gasteiger partial charge in [0.25, 0.3) is 0 Å². The molecule has 3 fully saturated rings. The average Bonchev–Trinajstić information content (AvgIpc) is 3.57. The molecule has 2 aliphatic carbocycles. The number of hydrogen-bond donors (Lipinski definition) is 1. The van der Waals surface area contributed by atoms with Crippen molar-refractivity contribution in [2.24, 2.45) is 5.92 Å². The Labute approximate surface area is 148 Å². The summed E-state index contributed by atoms with van der Waals surface area (Å²) in [5, 5.41) is 12.6. The molecular weight excluding hydrogens is 312 g/mol. The van der Waals surface area contributed by atoms with Gasteiger partial charge in [0.15, 0.2) is 0 Å². The Kier molecular flexibility index (Phi) is 3.93. The van der Waals surface area contributed by atoms with Gasteiger partial charge in [0.1, 0.15) is 17.5 Å². The normalized spacial score (nSPS) is 23.9. The molecule has 0 spiro atoms. The summed E-state index contributed by atoms with van der Waals surface area (Å²) in [6.07, 6.45) is 8.30. The number of rotatable bonds is 7. The van der Waals surface area contributed by atoms with Crippen LogP contribution in [0.5, 0.6) is 0 Å². The highest BCUT2D eigenvalue weighted by atomic mass is 15.3. The molecule has 1 atom stereocenters. The minimum absolute atomic E-state index is 0.683. The Bertz CT molecular complexity index is 719. The second-order valence-electron chi connectivity index (χ2n) is 7.84. The summed E-state index contributed by atoms with van der Waals surface area (Å²) >= 11 is 0. The molecule has 6 nitrogen and oxygen atoms in total. The van der Waals surface area contributed by atoms with Crippen LogP contribution in [0.3, 0.4) is 0 Å². The first-order chi connectivity index (χ1) is 12.4. The number of nitrogens with one attached hydrogen (secondary N) is 1. The number of aromatic nitrogens is 4. The van der Waals surface area contributed by atoms with Crippen LogP contribution in [-0.2, 0) is 6.54 Å². The lowest BCUT2D eigenvalue weighted by Gasteiger charge is -2.17. The summed E-state index contributed by atoms with van der Waals surface area (Å²) < 4.78 is 2.48. The van der Waals surface area contributed by atoms with Crippen molar-refractivity contribution in [2.75, 3.05) is 25.0 Å². The van der Waals surface area contributed by atoms with E-state index >= 15 is 0 Å². The Morgan fingerprint density at radius 3 is 2.76 bits per heavy atom. The molecule has 2 aromatic rings. The first-order valence-corrected chi connectivity index (χ1v) is 9.68. The molecule has 0 unspecified atom stereocenters. The van der Waals surface area contributed by atoms with E-state index in [0.717, 1.165) is 32.0 Å². The smallest absolute Gasteiger partial charge is 0.147 e. The maximum Gasteiger partial charge on any atom is 0.147 e.